The minimum Gasteiger partial charge on any atom is -0.496 e. The summed E-state index contributed by atoms with van der Waals surface area (Å²) in [5.41, 5.74) is 3.35. The highest BCUT2D eigenvalue weighted by Crippen LogP contribution is 2.19. The van der Waals surface area contributed by atoms with Gasteiger partial charge in [0.1, 0.15) is 11.6 Å². The summed E-state index contributed by atoms with van der Waals surface area (Å²) in [7, 11) is 7.45. The molecule has 1 heterocycles. The Balaban J connectivity index is 0.00000364. The van der Waals surface area contributed by atoms with Crippen LogP contribution in [0.5, 0.6) is 5.75 Å². The molecule has 0 spiro atoms. The fraction of sp³-hybridized carbons (Fsp3) is 0.400. The van der Waals surface area contributed by atoms with Gasteiger partial charge in [-0.1, -0.05) is 18.2 Å². The Morgan fingerprint density at radius 3 is 2.63 bits per heavy atom. The molecule has 2 N–H and O–H groups in total. The Kier molecular flexibility index (Phi) is 9.92. The molecule has 2 aromatic rings. The summed E-state index contributed by atoms with van der Waals surface area (Å²) in [6, 6.07) is 12.3. The molecule has 7 heteroatoms. The van der Waals surface area contributed by atoms with E-state index in [1.54, 1.807) is 14.2 Å². The highest BCUT2D eigenvalue weighted by molar-refractivity contribution is 14.0. The smallest absolute Gasteiger partial charge is 0.191 e. The predicted octanol–water partition coefficient (Wildman–Crippen LogP) is 2.99. The number of ether oxygens (including phenoxy) is 1. The lowest BCUT2D eigenvalue weighted by Gasteiger charge is -2.14. The molecule has 0 aliphatic heterocycles. The molecule has 0 radical (unpaired) electrons. The lowest BCUT2D eigenvalue weighted by molar-refractivity contribution is 0.411. The van der Waals surface area contributed by atoms with Gasteiger partial charge in [-0.15, -0.1) is 24.0 Å². The minimum absolute atomic E-state index is 0. The van der Waals surface area contributed by atoms with E-state index >= 15 is 0 Å². The van der Waals surface area contributed by atoms with Gasteiger partial charge in [-0.05, 0) is 42.7 Å². The van der Waals surface area contributed by atoms with Crippen LogP contribution in [0.25, 0.3) is 0 Å². The first-order chi connectivity index (χ1) is 12.5. The SMILES string of the molecule is CN=C(NCCc1ccc(C)c(OC)c1)NCc1cccc(N(C)C)n1.I. The summed E-state index contributed by atoms with van der Waals surface area (Å²) >= 11 is 0. The van der Waals surface area contributed by atoms with Crippen molar-refractivity contribution in [3.05, 3.63) is 53.2 Å². The van der Waals surface area contributed by atoms with Crippen molar-refractivity contribution in [1.82, 2.24) is 15.6 Å². The Bertz CT molecular complexity index is 749. The van der Waals surface area contributed by atoms with Gasteiger partial charge in [-0.25, -0.2) is 4.98 Å². The van der Waals surface area contributed by atoms with Crippen molar-refractivity contribution in [2.45, 2.75) is 19.9 Å². The molecule has 6 nitrogen and oxygen atoms in total. The molecule has 0 atom stereocenters. The summed E-state index contributed by atoms with van der Waals surface area (Å²) in [5.74, 6) is 2.64. The third-order valence-electron chi connectivity index (χ3n) is 4.09. The van der Waals surface area contributed by atoms with E-state index in [0.29, 0.717) is 6.54 Å². The normalized spacial score (nSPS) is 10.8. The number of aliphatic imine (C=N–C) groups is 1. The van der Waals surface area contributed by atoms with Crippen LogP contribution in [0.2, 0.25) is 0 Å². The molecule has 0 fully saturated rings. The molecular formula is C20H30IN5O. The summed E-state index contributed by atoms with van der Waals surface area (Å²) in [5, 5.41) is 6.64. The number of aromatic nitrogens is 1. The van der Waals surface area contributed by atoms with E-state index in [-0.39, 0.29) is 24.0 Å². The summed E-state index contributed by atoms with van der Waals surface area (Å²) in [6.07, 6.45) is 0.895. The first-order valence-electron chi connectivity index (χ1n) is 8.74. The Labute approximate surface area is 179 Å². The number of pyridine rings is 1. The van der Waals surface area contributed by atoms with Gasteiger partial charge in [0.2, 0.25) is 0 Å². The van der Waals surface area contributed by atoms with E-state index < -0.39 is 0 Å². The zero-order valence-corrected chi connectivity index (χ0v) is 19.1. The number of aryl methyl sites for hydroxylation is 1. The zero-order valence-electron chi connectivity index (χ0n) is 16.7. The van der Waals surface area contributed by atoms with Gasteiger partial charge < -0.3 is 20.3 Å². The third-order valence-corrected chi connectivity index (χ3v) is 4.09. The quantitative estimate of drug-likeness (QED) is 0.360. The second-order valence-electron chi connectivity index (χ2n) is 6.29. The lowest BCUT2D eigenvalue weighted by atomic mass is 10.1. The molecule has 0 aliphatic carbocycles. The van der Waals surface area contributed by atoms with Crippen molar-refractivity contribution in [2.75, 3.05) is 39.7 Å². The molecule has 0 bridgehead atoms. The molecule has 0 aliphatic rings. The van der Waals surface area contributed by atoms with E-state index in [1.807, 2.05) is 44.1 Å². The van der Waals surface area contributed by atoms with Gasteiger partial charge in [-0.2, -0.15) is 0 Å². The van der Waals surface area contributed by atoms with Gasteiger partial charge in [0.25, 0.3) is 0 Å². The number of methoxy groups -OCH3 is 1. The molecule has 0 amide bonds. The van der Waals surface area contributed by atoms with Crippen molar-refractivity contribution < 1.29 is 4.74 Å². The molecule has 1 aromatic heterocycles. The van der Waals surface area contributed by atoms with Crippen LogP contribution in [-0.2, 0) is 13.0 Å². The van der Waals surface area contributed by atoms with Crippen LogP contribution in [0, 0.1) is 6.92 Å². The van der Waals surface area contributed by atoms with E-state index in [9.17, 15) is 0 Å². The minimum atomic E-state index is 0. The van der Waals surface area contributed by atoms with Crippen molar-refractivity contribution in [3.63, 3.8) is 0 Å². The zero-order chi connectivity index (χ0) is 18.9. The van der Waals surface area contributed by atoms with Crippen molar-refractivity contribution in [1.29, 1.82) is 0 Å². The highest BCUT2D eigenvalue weighted by Gasteiger charge is 2.03. The lowest BCUT2D eigenvalue weighted by Crippen LogP contribution is -2.38. The summed E-state index contributed by atoms with van der Waals surface area (Å²) in [4.78, 5) is 10.9. The van der Waals surface area contributed by atoms with Crippen LogP contribution >= 0.6 is 24.0 Å². The number of hydrogen-bond donors (Lipinski definition) is 2. The van der Waals surface area contributed by atoms with Gasteiger partial charge in [0.05, 0.1) is 19.3 Å². The number of hydrogen-bond acceptors (Lipinski definition) is 4. The second-order valence-corrected chi connectivity index (χ2v) is 6.29. The van der Waals surface area contributed by atoms with Crippen LogP contribution in [-0.4, -0.2) is 45.7 Å². The number of halogens is 1. The summed E-state index contributed by atoms with van der Waals surface area (Å²) < 4.78 is 5.38. The topological polar surface area (TPSA) is 61.8 Å². The van der Waals surface area contributed by atoms with Crippen LogP contribution in [0.1, 0.15) is 16.8 Å². The predicted molar refractivity (Wildman–Crippen MR) is 124 cm³/mol. The molecule has 0 unspecified atom stereocenters. The average molecular weight is 483 g/mol. The number of nitrogens with one attached hydrogen (secondary N) is 2. The monoisotopic (exact) mass is 483 g/mol. The molecule has 27 heavy (non-hydrogen) atoms. The Morgan fingerprint density at radius 1 is 1.19 bits per heavy atom. The van der Waals surface area contributed by atoms with Gasteiger partial charge in [-0.3, -0.25) is 4.99 Å². The number of rotatable bonds is 7. The number of benzene rings is 1. The number of nitrogens with zero attached hydrogens (tertiary/aromatic N) is 3. The number of anilines is 1. The Hall–Kier alpha value is -2.03. The fourth-order valence-electron chi connectivity index (χ4n) is 2.55. The van der Waals surface area contributed by atoms with Crippen LogP contribution in [0.15, 0.2) is 41.4 Å². The third kappa shape index (κ3) is 7.24. The largest absolute Gasteiger partial charge is 0.496 e. The standard InChI is InChI=1S/C20H29N5O.HI/c1-15-9-10-16(13-18(15)26-5)11-12-22-20(21-2)23-14-17-7-6-8-19(24-17)25(3)4;/h6-10,13H,11-12,14H2,1-5H3,(H2,21,22,23);1H. The number of guanidine groups is 1. The van der Waals surface area contributed by atoms with Gasteiger partial charge in [0.15, 0.2) is 5.96 Å². The van der Waals surface area contributed by atoms with Crippen LogP contribution in [0.4, 0.5) is 5.82 Å². The molecule has 1 aromatic carbocycles. The van der Waals surface area contributed by atoms with E-state index in [0.717, 1.165) is 41.7 Å². The van der Waals surface area contributed by atoms with Crippen LogP contribution in [0.3, 0.4) is 0 Å². The van der Waals surface area contributed by atoms with E-state index in [2.05, 4.69) is 38.8 Å². The van der Waals surface area contributed by atoms with E-state index in [1.165, 1.54) is 5.56 Å². The first-order valence-corrected chi connectivity index (χ1v) is 8.74. The van der Waals surface area contributed by atoms with Gasteiger partial charge >= 0.3 is 0 Å². The van der Waals surface area contributed by atoms with E-state index in [4.69, 9.17) is 4.74 Å². The van der Waals surface area contributed by atoms with Crippen LogP contribution < -0.4 is 20.3 Å². The molecule has 0 saturated carbocycles. The second kappa shape index (κ2) is 11.6. The van der Waals surface area contributed by atoms with Crippen molar-refractivity contribution in [3.8, 4) is 5.75 Å². The molecule has 0 saturated heterocycles. The molecular weight excluding hydrogens is 453 g/mol. The average Bonchev–Trinajstić information content (AvgIpc) is 2.65. The fourth-order valence-corrected chi connectivity index (χ4v) is 2.55. The van der Waals surface area contributed by atoms with Gasteiger partial charge in [0, 0.05) is 27.7 Å². The maximum atomic E-state index is 5.38. The van der Waals surface area contributed by atoms with Crippen molar-refractivity contribution >= 4 is 35.8 Å². The maximum Gasteiger partial charge on any atom is 0.191 e. The van der Waals surface area contributed by atoms with Crippen molar-refractivity contribution in [2.24, 2.45) is 4.99 Å². The highest BCUT2D eigenvalue weighted by atomic mass is 127. The summed E-state index contributed by atoms with van der Waals surface area (Å²) in [6.45, 7) is 3.46. The maximum absolute atomic E-state index is 5.38. The molecule has 148 valence electrons. The first kappa shape index (κ1) is 23.0. The molecule has 2 rings (SSSR count). The Morgan fingerprint density at radius 2 is 1.96 bits per heavy atom.